The highest BCUT2D eigenvalue weighted by atomic mass is 35.5. The van der Waals surface area contributed by atoms with Crippen LogP contribution >= 0.6 is 11.6 Å². The highest BCUT2D eigenvalue weighted by molar-refractivity contribution is 6.31. The highest BCUT2D eigenvalue weighted by Crippen LogP contribution is 2.20. The van der Waals surface area contributed by atoms with E-state index >= 15 is 0 Å². The maximum absolute atomic E-state index is 12.1. The Morgan fingerprint density at radius 3 is 2.89 bits per heavy atom. The summed E-state index contributed by atoms with van der Waals surface area (Å²) < 4.78 is 0. The van der Waals surface area contributed by atoms with E-state index in [0.717, 1.165) is 37.3 Å². The summed E-state index contributed by atoms with van der Waals surface area (Å²) in [5.74, 6) is 0.992. The summed E-state index contributed by atoms with van der Waals surface area (Å²) in [6.07, 6.45) is 5.06. The minimum atomic E-state index is 0.215. The number of halogens is 1. The second kappa shape index (κ2) is 6.75. The number of likely N-dealkylation sites (tertiary alicyclic amines) is 1. The van der Waals surface area contributed by atoms with E-state index in [1.807, 2.05) is 24.1 Å². The number of nitrogens with one attached hydrogen (secondary N) is 1. The number of aromatic nitrogens is 1. The molecular formula is C14H20ClN3O. The van der Waals surface area contributed by atoms with Gasteiger partial charge in [-0.2, -0.15) is 0 Å². The third kappa shape index (κ3) is 3.83. The van der Waals surface area contributed by atoms with Gasteiger partial charge >= 0.3 is 0 Å². The molecule has 0 aromatic carbocycles. The Balaban J connectivity index is 2.11. The van der Waals surface area contributed by atoms with Crippen molar-refractivity contribution in [1.82, 2.24) is 9.88 Å². The van der Waals surface area contributed by atoms with E-state index < -0.39 is 0 Å². The maximum atomic E-state index is 12.1. The first-order chi connectivity index (χ1) is 9.20. The Labute approximate surface area is 119 Å². The maximum Gasteiger partial charge on any atom is 0.222 e. The molecular weight excluding hydrogens is 262 g/mol. The number of hydrogen-bond acceptors (Lipinski definition) is 3. The molecule has 5 heteroatoms. The molecule has 0 atom stereocenters. The Kier molecular flexibility index (Phi) is 5.02. The average Bonchev–Trinajstić information content (AvgIpc) is 2.40. The second-order valence-corrected chi connectivity index (χ2v) is 5.26. The van der Waals surface area contributed by atoms with E-state index in [2.05, 4.69) is 10.3 Å². The highest BCUT2D eigenvalue weighted by Gasteiger charge is 2.17. The van der Waals surface area contributed by atoms with Crippen LogP contribution in [0.1, 0.15) is 37.8 Å². The van der Waals surface area contributed by atoms with Crippen LogP contribution in [-0.2, 0) is 11.3 Å². The van der Waals surface area contributed by atoms with Crippen LogP contribution in [0.3, 0.4) is 0 Å². The van der Waals surface area contributed by atoms with Crippen LogP contribution < -0.4 is 5.32 Å². The molecule has 1 saturated heterocycles. The van der Waals surface area contributed by atoms with Gasteiger partial charge in [-0.25, -0.2) is 4.98 Å². The van der Waals surface area contributed by atoms with Gasteiger partial charge in [0.05, 0.1) is 17.3 Å². The Morgan fingerprint density at radius 1 is 1.32 bits per heavy atom. The number of anilines is 1. The Morgan fingerprint density at radius 2 is 2.11 bits per heavy atom. The first-order valence-corrected chi connectivity index (χ1v) is 7.19. The molecule has 0 saturated carbocycles. The molecule has 0 radical (unpaired) electrons. The Bertz CT molecular complexity index is 450. The Hall–Kier alpha value is -1.29. The fraction of sp³-hybridized carbons (Fsp3) is 0.571. The molecule has 0 aliphatic carbocycles. The SMILES string of the molecule is CNc1ccc(Cl)c(CN2CCCCCCC2=O)n1. The number of carbonyl (C=O) groups is 1. The van der Waals surface area contributed by atoms with Crippen molar-refractivity contribution < 1.29 is 4.79 Å². The number of amides is 1. The standard InChI is InChI=1S/C14H20ClN3O/c1-16-13-8-7-11(15)12(17-13)10-18-9-5-3-2-4-6-14(18)19/h7-8H,2-6,9-10H2,1H3,(H,16,17). The van der Waals surface area contributed by atoms with Crippen molar-refractivity contribution in [3.05, 3.63) is 22.8 Å². The van der Waals surface area contributed by atoms with E-state index in [1.165, 1.54) is 6.42 Å². The molecule has 1 N–H and O–H groups in total. The van der Waals surface area contributed by atoms with Gasteiger partial charge in [-0.05, 0) is 25.0 Å². The summed E-state index contributed by atoms with van der Waals surface area (Å²) in [5.41, 5.74) is 0.766. The topological polar surface area (TPSA) is 45.2 Å². The van der Waals surface area contributed by atoms with Crippen molar-refractivity contribution >= 4 is 23.3 Å². The zero-order valence-corrected chi connectivity index (χ0v) is 12.0. The minimum absolute atomic E-state index is 0.215. The van der Waals surface area contributed by atoms with Gasteiger partial charge in [0.25, 0.3) is 0 Å². The quantitative estimate of drug-likeness (QED) is 0.926. The van der Waals surface area contributed by atoms with Crippen LogP contribution in [0.2, 0.25) is 5.02 Å². The molecule has 0 bridgehead atoms. The third-order valence-electron chi connectivity index (χ3n) is 3.44. The van der Waals surface area contributed by atoms with Crippen molar-refractivity contribution in [2.45, 2.75) is 38.6 Å². The number of rotatable bonds is 3. The van der Waals surface area contributed by atoms with Crippen LogP contribution in [0.15, 0.2) is 12.1 Å². The van der Waals surface area contributed by atoms with Gasteiger partial charge in [0.15, 0.2) is 0 Å². The molecule has 1 amide bonds. The van der Waals surface area contributed by atoms with Gasteiger partial charge in [-0.15, -0.1) is 0 Å². The molecule has 0 spiro atoms. The molecule has 1 fully saturated rings. The molecule has 2 heterocycles. The van der Waals surface area contributed by atoms with Gasteiger partial charge < -0.3 is 10.2 Å². The van der Waals surface area contributed by atoms with Gasteiger partial charge in [0, 0.05) is 20.0 Å². The predicted octanol–water partition coefficient (Wildman–Crippen LogP) is 3.07. The minimum Gasteiger partial charge on any atom is -0.373 e. The lowest BCUT2D eigenvalue weighted by Gasteiger charge is -2.25. The monoisotopic (exact) mass is 281 g/mol. The molecule has 1 aliphatic rings. The first-order valence-electron chi connectivity index (χ1n) is 6.81. The summed E-state index contributed by atoms with van der Waals surface area (Å²) in [5, 5.41) is 3.61. The number of hydrogen-bond donors (Lipinski definition) is 1. The number of pyridine rings is 1. The van der Waals surface area contributed by atoms with Crippen molar-refractivity contribution in [3.8, 4) is 0 Å². The second-order valence-electron chi connectivity index (χ2n) is 4.85. The lowest BCUT2D eigenvalue weighted by atomic mass is 10.1. The van der Waals surface area contributed by atoms with Crippen molar-refractivity contribution in [3.63, 3.8) is 0 Å². The molecule has 0 unspecified atom stereocenters. The number of nitrogens with zero attached hydrogens (tertiary/aromatic N) is 2. The van der Waals surface area contributed by atoms with Gasteiger partial charge in [-0.1, -0.05) is 24.4 Å². The fourth-order valence-electron chi connectivity index (χ4n) is 2.30. The molecule has 19 heavy (non-hydrogen) atoms. The molecule has 1 aromatic heterocycles. The van der Waals surface area contributed by atoms with Gasteiger partial charge in [0.2, 0.25) is 5.91 Å². The molecule has 1 aliphatic heterocycles. The molecule has 2 rings (SSSR count). The van der Waals surface area contributed by atoms with Crippen LogP contribution in [0, 0.1) is 0 Å². The van der Waals surface area contributed by atoms with Crippen molar-refractivity contribution in [1.29, 1.82) is 0 Å². The van der Waals surface area contributed by atoms with E-state index in [1.54, 1.807) is 0 Å². The molecule has 104 valence electrons. The van der Waals surface area contributed by atoms with Crippen molar-refractivity contribution in [2.75, 3.05) is 18.9 Å². The molecule has 4 nitrogen and oxygen atoms in total. The largest absolute Gasteiger partial charge is 0.373 e. The van der Waals surface area contributed by atoms with E-state index in [9.17, 15) is 4.79 Å². The third-order valence-corrected chi connectivity index (χ3v) is 3.78. The van der Waals surface area contributed by atoms with Crippen LogP contribution in [0.25, 0.3) is 0 Å². The summed E-state index contributed by atoms with van der Waals surface area (Å²) in [4.78, 5) is 18.4. The number of carbonyl (C=O) groups excluding carboxylic acids is 1. The zero-order valence-electron chi connectivity index (χ0n) is 11.3. The van der Waals surface area contributed by atoms with Crippen LogP contribution in [0.5, 0.6) is 0 Å². The van der Waals surface area contributed by atoms with Crippen molar-refractivity contribution in [2.24, 2.45) is 0 Å². The van der Waals surface area contributed by atoms with E-state index in [0.29, 0.717) is 18.0 Å². The summed E-state index contributed by atoms with van der Waals surface area (Å²) >= 11 is 6.16. The van der Waals surface area contributed by atoms with Gasteiger partial charge in [-0.3, -0.25) is 4.79 Å². The smallest absolute Gasteiger partial charge is 0.222 e. The zero-order chi connectivity index (χ0) is 13.7. The van der Waals surface area contributed by atoms with Crippen LogP contribution in [0.4, 0.5) is 5.82 Å². The first kappa shape index (κ1) is 14.1. The van der Waals surface area contributed by atoms with Crippen LogP contribution in [-0.4, -0.2) is 29.4 Å². The normalized spacial score (nSPS) is 16.9. The average molecular weight is 282 g/mol. The summed E-state index contributed by atoms with van der Waals surface area (Å²) in [7, 11) is 1.82. The van der Waals surface area contributed by atoms with E-state index in [4.69, 9.17) is 11.6 Å². The molecule has 1 aromatic rings. The van der Waals surface area contributed by atoms with E-state index in [-0.39, 0.29) is 5.91 Å². The lowest BCUT2D eigenvalue weighted by Crippen LogP contribution is -2.32. The predicted molar refractivity (Wildman–Crippen MR) is 77.3 cm³/mol. The lowest BCUT2D eigenvalue weighted by molar-refractivity contribution is -0.132. The summed E-state index contributed by atoms with van der Waals surface area (Å²) in [6, 6.07) is 3.66. The van der Waals surface area contributed by atoms with Gasteiger partial charge in [0.1, 0.15) is 5.82 Å². The fourth-order valence-corrected chi connectivity index (χ4v) is 2.46. The summed E-state index contributed by atoms with van der Waals surface area (Å²) in [6.45, 7) is 1.31.